The van der Waals surface area contributed by atoms with Crippen LogP contribution in [-0.2, 0) is 25.9 Å². The first kappa shape index (κ1) is 17.2. The van der Waals surface area contributed by atoms with Gasteiger partial charge in [0, 0.05) is 41.8 Å². The van der Waals surface area contributed by atoms with E-state index in [-0.39, 0.29) is 5.56 Å². The van der Waals surface area contributed by atoms with E-state index in [1.807, 2.05) is 11.3 Å². The second kappa shape index (κ2) is 7.56. The first-order chi connectivity index (χ1) is 12.7. The van der Waals surface area contributed by atoms with Gasteiger partial charge in [-0.05, 0) is 35.4 Å². The van der Waals surface area contributed by atoms with Crippen molar-refractivity contribution < 1.29 is 0 Å². The number of rotatable bonds is 5. The largest absolute Gasteiger partial charge is 0.307 e. The number of nitrogens with zero attached hydrogens (tertiary/aromatic N) is 2. The van der Waals surface area contributed by atoms with Crippen LogP contribution in [0.15, 0.2) is 46.6 Å². The zero-order valence-electron chi connectivity index (χ0n) is 15.0. The molecular weight excluding hydrogens is 342 g/mol. The van der Waals surface area contributed by atoms with Crippen molar-refractivity contribution in [3.05, 3.63) is 73.8 Å². The number of H-pyrrole nitrogens is 1. The Morgan fingerprint density at radius 2 is 2.08 bits per heavy atom. The van der Waals surface area contributed by atoms with E-state index in [1.165, 1.54) is 11.1 Å². The molecule has 3 heterocycles. The molecule has 1 N–H and O–H groups in total. The molecule has 1 aromatic carbocycles. The van der Waals surface area contributed by atoms with Crippen molar-refractivity contribution in [2.75, 3.05) is 6.54 Å². The number of thiophene rings is 1. The smallest absolute Gasteiger partial charge is 0.251 e. The van der Waals surface area contributed by atoms with Crippen LogP contribution in [0.25, 0.3) is 11.4 Å². The molecule has 26 heavy (non-hydrogen) atoms. The molecule has 0 radical (unpaired) electrons. The maximum Gasteiger partial charge on any atom is 0.251 e. The average Bonchev–Trinajstić information content (AvgIpc) is 3.10. The van der Waals surface area contributed by atoms with Crippen molar-refractivity contribution in [1.29, 1.82) is 0 Å². The second-order valence-corrected chi connectivity index (χ2v) is 7.86. The monoisotopic (exact) mass is 365 g/mol. The van der Waals surface area contributed by atoms with Gasteiger partial charge in [-0.1, -0.05) is 37.6 Å². The summed E-state index contributed by atoms with van der Waals surface area (Å²) in [6.07, 6.45) is 2.96. The molecule has 0 saturated heterocycles. The van der Waals surface area contributed by atoms with E-state index in [0.717, 1.165) is 50.2 Å². The molecule has 4 rings (SSSR count). The Hall–Kier alpha value is -2.24. The van der Waals surface area contributed by atoms with Crippen molar-refractivity contribution in [3.8, 4) is 11.4 Å². The molecule has 0 spiro atoms. The first-order valence-corrected chi connectivity index (χ1v) is 10.1. The molecule has 0 amide bonds. The number of fused-ring (bicyclic) bond motifs is 1. The Kier molecular flexibility index (Phi) is 5.00. The molecule has 0 aliphatic carbocycles. The van der Waals surface area contributed by atoms with E-state index in [4.69, 9.17) is 0 Å². The minimum Gasteiger partial charge on any atom is -0.307 e. The molecule has 0 unspecified atom stereocenters. The molecule has 5 heteroatoms. The van der Waals surface area contributed by atoms with Crippen molar-refractivity contribution in [2.24, 2.45) is 0 Å². The van der Waals surface area contributed by atoms with Gasteiger partial charge in [0.1, 0.15) is 5.82 Å². The molecule has 0 bridgehead atoms. The summed E-state index contributed by atoms with van der Waals surface area (Å²) in [5.74, 6) is 0.661. The van der Waals surface area contributed by atoms with E-state index in [2.05, 4.69) is 57.5 Å². The summed E-state index contributed by atoms with van der Waals surface area (Å²) in [5.41, 5.74) is 4.51. The van der Waals surface area contributed by atoms with Crippen molar-refractivity contribution in [1.82, 2.24) is 14.9 Å². The highest BCUT2D eigenvalue weighted by Gasteiger charge is 2.17. The van der Waals surface area contributed by atoms with E-state index >= 15 is 0 Å². The standard InChI is InChI=1S/C21H23N3OS/c1-2-3-18-12-20(25)23-21(22-18)16-6-4-15(5-7-16)13-24-10-8-19-17(14-24)9-11-26-19/h4-7,9,11-12H,2-3,8,10,13-14H2,1H3,(H,22,23,25). The summed E-state index contributed by atoms with van der Waals surface area (Å²) in [6, 6.07) is 12.2. The quantitative estimate of drug-likeness (QED) is 0.743. The first-order valence-electron chi connectivity index (χ1n) is 9.18. The Bertz CT molecular complexity index is 942. The topological polar surface area (TPSA) is 49.0 Å². The number of aryl methyl sites for hydroxylation is 1. The molecule has 0 fully saturated rings. The van der Waals surface area contributed by atoms with Gasteiger partial charge >= 0.3 is 0 Å². The maximum atomic E-state index is 11.9. The summed E-state index contributed by atoms with van der Waals surface area (Å²) < 4.78 is 0. The Morgan fingerprint density at radius 3 is 2.88 bits per heavy atom. The van der Waals surface area contributed by atoms with Crippen LogP contribution < -0.4 is 5.56 Å². The number of hydrogen-bond donors (Lipinski definition) is 1. The summed E-state index contributed by atoms with van der Waals surface area (Å²) in [5, 5.41) is 2.20. The number of aromatic amines is 1. The van der Waals surface area contributed by atoms with Crippen LogP contribution >= 0.6 is 11.3 Å². The number of benzene rings is 1. The minimum atomic E-state index is -0.0811. The van der Waals surface area contributed by atoms with Crippen LogP contribution in [0, 0.1) is 0 Å². The van der Waals surface area contributed by atoms with E-state index in [9.17, 15) is 4.79 Å². The summed E-state index contributed by atoms with van der Waals surface area (Å²) in [6.45, 7) is 5.20. The lowest BCUT2D eigenvalue weighted by Gasteiger charge is -2.26. The predicted octanol–water partition coefficient (Wildman–Crippen LogP) is 4.01. The Labute approximate surface area is 157 Å². The van der Waals surface area contributed by atoms with Crippen molar-refractivity contribution in [2.45, 2.75) is 39.3 Å². The van der Waals surface area contributed by atoms with Gasteiger partial charge in [-0.2, -0.15) is 0 Å². The molecule has 3 aromatic rings. The van der Waals surface area contributed by atoms with Gasteiger partial charge in [-0.25, -0.2) is 4.98 Å². The van der Waals surface area contributed by atoms with Crippen LogP contribution in [-0.4, -0.2) is 21.4 Å². The van der Waals surface area contributed by atoms with Crippen LogP contribution in [0.5, 0.6) is 0 Å². The lowest BCUT2D eigenvalue weighted by molar-refractivity contribution is 0.247. The predicted molar refractivity (Wildman–Crippen MR) is 106 cm³/mol. The fraction of sp³-hybridized carbons (Fsp3) is 0.333. The second-order valence-electron chi connectivity index (χ2n) is 6.86. The molecule has 1 aliphatic rings. The van der Waals surface area contributed by atoms with Gasteiger partial charge in [0.2, 0.25) is 0 Å². The molecule has 134 valence electrons. The molecule has 0 saturated carbocycles. The van der Waals surface area contributed by atoms with Gasteiger partial charge in [-0.15, -0.1) is 11.3 Å². The van der Waals surface area contributed by atoms with Crippen molar-refractivity contribution in [3.63, 3.8) is 0 Å². The highest BCUT2D eigenvalue weighted by atomic mass is 32.1. The van der Waals surface area contributed by atoms with E-state index < -0.39 is 0 Å². The fourth-order valence-corrected chi connectivity index (χ4v) is 4.39. The zero-order chi connectivity index (χ0) is 17.9. The number of nitrogens with one attached hydrogen (secondary N) is 1. The number of aromatic nitrogens is 2. The fourth-order valence-electron chi connectivity index (χ4n) is 3.50. The SMILES string of the molecule is CCCc1cc(=O)[nH]c(-c2ccc(CN3CCc4sccc4C3)cc2)n1. The highest BCUT2D eigenvalue weighted by Crippen LogP contribution is 2.25. The molecular formula is C21H23N3OS. The summed E-state index contributed by atoms with van der Waals surface area (Å²) in [4.78, 5) is 23.3. The summed E-state index contributed by atoms with van der Waals surface area (Å²) in [7, 11) is 0. The third-order valence-electron chi connectivity index (χ3n) is 4.82. The van der Waals surface area contributed by atoms with Gasteiger partial charge in [0.05, 0.1) is 0 Å². The summed E-state index contributed by atoms with van der Waals surface area (Å²) >= 11 is 1.88. The molecule has 0 atom stereocenters. The van der Waals surface area contributed by atoms with Gasteiger partial charge in [0.25, 0.3) is 5.56 Å². The Morgan fingerprint density at radius 1 is 1.23 bits per heavy atom. The van der Waals surface area contributed by atoms with Crippen LogP contribution in [0.4, 0.5) is 0 Å². The average molecular weight is 366 g/mol. The third-order valence-corrected chi connectivity index (χ3v) is 5.84. The van der Waals surface area contributed by atoms with Gasteiger partial charge in [-0.3, -0.25) is 9.69 Å². The van der Waals surface area contributed by atoms with Gasteiger partial charge in [0.15, 0.2) is 0 Å². The van der Waals surface area contributed by atoms with Crippen molar-refractivity contribution >= 4 is 11.3 Å². The third kappa shape index (κ3) is 3.79. The molecule has 2 aromatic heterocycles. The lowest BCUT2D eigenvalue weighted by Crippen LogP contribution is -2.29. The number of hydrogen-bond acceptors (Lipinski definition) is 4. The van der Waals surface area contributed by atoms with E-state index in [1.54, 1.807) is 10.9 Å². The van der Waals surface area contributed by atoms with Crippen LogP contribution in [0.3, 0.4) is 0 Å². The molecule has 1 aliphatic heterocycles. The molecule has 4 nitrogen and oxygen atoms in total. The van der Waals surface area contributed by atoms with Crippen LogP contribution in [0.2, 0.25) is 0 Å². The Balaban J connectivity index is 1.48. The maximum absolute atomic E-state index is 11.9. The lowest BCUT2D eigenvalue weighted by atomic mass is 10.1. The highest BCUT2D eigenvalue weighted by molar-refractivity contribution is 7.10. The normalized spacial score (nSPS) is 14.3. The van der Waals surface area contributed by atoms with E-state index in [0.29, 0.717) is 5.82 Å². The minimum absolute atomic E-state index is 0.0811. The zero-order valence-corrected chi connectivity index (χ0v) is 15.8. The van der Waals surface area contributed by atoms with Gasteiger partial charge < -0.3 is 4.98 Å². The van der Waals surface area contributed by atoms with Crippen LogP contribution in [0.1, 0.15) is 35.0 Å².